The van der Waals surface area contributed by atoms with Crippen molar-refractivity contribution in [2.75, 3.05) is 5.32 Å². The molecule has 0 amide bonds. The van der Waals surface area contributed by atoms with Crippen LogP contribution in [0.2, 0.25) is 10.4 Å². The highest BCUT2D eigenvalue weighted by molar-refractivity contribution is 6.32. The van der Waals surface area contributed by atoms with Crippen LogP contribution in [0.5, 0.6) is 0 Å². The molecular weight excluding hydrogens is 297 g/mol. The molecule has 0 saturated heterocycles. The van der Waals surface area contributed by atoms with Gasteiger partial charge in [-0.2, -0.15) is 4.98 Å². The molecule has 0 aliphatic carbocycles. The van der Waals surface area contributed by atoms with E-state index >= 15 is 0 Å². The Kier molecular flexibility index (Phi) is 3.38. The van der Waals surface area contributed by atoms with E-state index in [2.05, 4.69) is 25.5 Å². The van der Waals surface area contributed by atoms with Gasteiger partial charge in [-0.15, -0.1) is 10.2 Å². The van der Waals surface area contributed by atoms with E-state index in [1.54, 1.807) is 0 Å². The number of aromatic nitrogens is 4. The number of aryl methyl sites for hydroxylation is 1. The average molecular weight is 306 g/mol. The molecule has 100 valence electrons. The molecule has 0 radical (unpaired) electrons. The Balaban J connectivity index is 2.10. The van der Waals surface area contributed by atoms with E-state index in [0.29, 0.717) is 5.82 Å². The number of fused-ring (bicyclic) bond motifs is 1. The summed E-state index contributed by atoms with van der Waals surface area (Å²) in [6.45, 7) is 1.94. The Morgan fingerprint density at radius 1 is 1.00 bits per heavy atom. The van der Waals surface area contributed by atoms with Gasteiger partial charge in [0, 0.05) is 11.1 Å². The summed E-state index contributed by atoms with van der Waals surface area (Å²) in [5.41, 5.74) is 2.54. The topological polar surface area (TPSA) is 63.6 Å². The smallest absolute Gasteiger partial charge is 0.245 e. The highest BCUT2D eigenvalue weighted by atomic mass is 35.5. The monoisotopic (exact) mass is 305 g/mol. The van der Waals surface area contributed by atoms with E-state index in [0.717, 1.165) is 22.3 Å². The summed E-state index contributed by atoms with van der Waals surface area (Å²) in [6.07, 6.45) is 0. The van der Waals surface area contributed by atoms with Crippen molar-refractivity contribution in [3.8, 4) is 0 Å². The average Bonchev–Trinajstić information content (AvgIpc) is 2.43. The fourth-order valence-corrected chi connectivity index (χ4v) is 2.10. The van der Waals surface area contributed by atoms with Gasteiger partial charge < -0.3 is 5.32 Å². The number of hydrogen-bond donors (Lipinski definition) is 1. The zero-order valence-electron chi connectivity index (χ0n) is 10.4. The zero-order valence-corrected chi connectivity index (χ0v) is 11.9. The summed E-state index contributed by atoms with van der Waals surface area (Å²) >= 11 is 11.7. The lowest BCUT2D eigenvalue weighted by molar-refractivity contribution is 0.975. The van der Waals surface area contributed by atoms with Gasteiger partial charge in [-0.05, 0) is 30.7 Å². The number of hydrogen-bond acceptors (Lipinski definition) is 5. The number of nitrogens with zero attached hydrogens (tertiary/aromatic N) is 4. The van der Waals surface area contributed by atoms with Gasteiger partial charge in [0.25, 0.3) is 0 Å². The first-order chi connectivity index (χ1) is 9.63. The predicted molar refractivity (Wildman–Crippen MR) is 79.6 cm³/mol. The molecule has 3 aromatic rings. The van der Waals surface area contributed by atoms with E-state index < -0.39 is 0 Å². The van der Waals surface area contributed by atoms with E-state index in [9.17, 15) is 0 Å². The number of pyridine rings is 1. The molecule has 5 nitrogen and oxygen atoms in total. The van der Waals surface area contributed by atoms with Crippen molar-refractivity contribution in [1.29, 1.82) is 0 Å². The Hall–Kier alpha value is -1.98. The standard InChI is InChI=1S/C13H9Cl2N5/c1-7-5-6-8-3-2-4-9(10(8)16-7)17-12-11(14)19-20-13(15)18-12/h2-6H,1H3,(H,17,18,20). The van der Waals surface area contributed by atoms with Crippen molar-refractivity contribution in [2.24, 2.45) is 0 Å². The third-order valence-corrected chi connectivity index (χ3v) is 3.15. The van der Waals surface area contributed by atoms with Crippen molar-refractivity contribution in [3.05, 3.63) is 46.5 Å². The van der Waals surface area contributed by atoms with Crippen LogP contribution >= 0.6 is 23.2 Å². The van der Waals surface area contributed by atoms with Gasteiger partial charge in [-0.1, -0.05) is 29.8 Å². The maximum absolute atomic E-state index is 5.95. The van der Waals surface area contributed by atoms with Crippen molar-refractivity contribution >= 4 is 45.6 Å². The molecule has 1 aromatic carbocycles. The Bertz CT molecular complexity index is 791. The fraction of sp³-hybridized carbons (Fsp3) is 0.0769. The Morgan fingerprint density at radius 3 is 2.70 bits per heavy atom. The summed E-state index contributed by atoms with van der Waals surface area (Å²) in [4.78, 5) is 8.54. The number of rotatable bonds is 2. The Labute approximate surface area is 125 Å². The fourth-order valence-electron chi connectivity index (χ4n) is 1.85. The lowest BCUT2D eigenvalue weighted by Crippen LogP contribution is -2.00. The van der Waals surface area contributed by atoms with Crippen LogP contribution in [-0.4, -0.2) is 20.2 Å². The molecular formula is C13H9Cl2N5. The molecule has 0 saturated carbocycles. The molecule has 0 aliphatic rings. The van der Waals surface area contributed by atoms with Crippen LogP contribution in [0.1, 0.15) is 5.69 Å². The highest BCUT2D eigenvalue weighted by Crippen LogP contribution is 2.27. The summed E-state index contributed by atoms with van der Waals surface area (Å²) in [6, 6.07) is 9.77. The molecule has 3 rings (SSSR count). The maximum Gasteiger partial charge on any atom is 0.245 e. The molecule has 1 N–H and O–H groups in total. The van der Waals surface area contributed by atoms with E-state index in [1.807, 2.05) is 37.3 Å². The lowest BCUT2D eigenvalue weighted by atomic mass is 10.2. The number of benzene rings is 1. The third kappa shape index (κ3) is 2.50. The van der Waals surface area contributed by atoms with Gasteiger partial charge in [0.15, 0.2) is 11.0 Å². The quantitative estimate of drug-likeness (QED) is 0.780. The summed E-state index contributed by atoms with van der Waals surface area (Å²) < 4.78 is 0. The van der Waals surface area contributed by atoms with Crippen LogP contribution in [0, 0.1) is 6.92 Å². The van der Waals surface area contributed by atoms with E-state index in [4.69, 9.17) is 23.2 Å². The number of anilines is 2. The first-order valence-corrected chi connectivity index (χ1v) is 6.58. The van der Waals surface area contributed by atoms with Crippen molar-refractivity contribution < 1.29 is 0 Å². The van der Waals surface area contributed by atoms with E-state index in [1.165, 1.54) is 0 Å². The number of nitrogens with one attached hydrogen (secondary N) is 1. The molecule has 0 unspecified atom stereocenters. The Morgan fingerprint density at radius 2 is 1.85 bits per heavy atom. The zero-order chi connectivity index (χ0) is 14.1. The first-order valence-electron chi connectivity index (χ1n) is 5.82. The minimum atomic E-state index is 0.0290. The first kappa shape index (κ1) is 13.0. The van der Waals surface area contributed by atoms with Crippen LogP contribution in [0.25, 0.3) is 10.9 Å². The molecule has 2 heterocycles. The molecule has 0 spiro atoms. The second-order valence-corrected chi connectivity index (χ2v) is 4.87. The third-order valence-electron chi connectivity index (χ3n) is 2.73. The van der Waals surface area contributed by atoms with Crippen LogP contribution < -0.4 is 5.32 Å². The molecule has 7 heteroatoms. The van der Waals surface area contributed by atoms with Gasteiger partial charge in [0.05, 0.1) is 11.2 Å². The molecule has 0 fully saturated rings. The number of para-hydroxylation sites is 1. The molecule has 0 aliphatic heterocycles. The van der Waals surface area contributed by atoms with Gasteiger partial charge in [-0.25, -0.2) is 0 Å². The van der Waals surface area contributed by atoms with Gasteiger partial charge in [0.2, 0.25) is 5.28 Å². The van der Waals surface area contributed by atoms with Gasteiger partial charge >= 0.3 is 0 Å². The van der Waals surface area contributed by atoms with Crippen molar-refractivity contribution in [1.82, 2.24) is 20.2 Å². The molecule has 0 bridgehead atoms. The minimum absolute atomic E-state index is 0.0290. The SMILES string of the molecule is Cc1ccc2cccc(Nc3nc(Cl)nnc3Cl)c2n1. The largest absolute Gasteiger partial charge is 0.336 e. The second-order valence-electron chi connectivity index (χ2n) is 4.18. The highest BCUT2D eigenvalue weighted by Gasteiger charge is 2.09. The summed E-state index contributed by atoms with van der Waals surface area (Å²) in [5.74, 6) is 0.350. The predicted octanol–water partition coefficient (Wildman–Crippen LogP) is 3.78. The molecule has 2 aromatic heterocycles. The molecule has 0 atom stereocenters. The maximum atomic E-state index is 5.95. The normalized spacial score (nSPS) is 10.8. The molecule has 20 heavy (non-hydrogen) atoms. The summed E-state index contributed by atoms with van der Waals surface area (Å²) in [7, 11) is 0. The summed E-state index contributed by atoms with van der Waals surface area (Å²) in [5, 5.41) is 11.6. The second kappa shape index (κ2) is 5.19. The van der Waals surface area contributed by atoms with Crippen molar-refractivity contribution in [3.63, 3.8) is 0 Å². The lowest BCUT2D eigenvalue weighted by Gasteiger charge is -2.09. The van der Waals surface area contributed by atoms with E-state index in [-0.39, 0.29) is 10.4 Å². The van der Waals surface area contributed by atoms with Crippen LogP contribution in [0.4, 0.5) is 11.5 Å². The van der Waals surface area contributed by atoms with Gasteiger partial charge in [0.1, 0.15) is 0 Å². The van der Waals surface area contributed by atoms with Crippen LogP contribution in [0.15, 0.2) is 30.3 Å². The van der Waals surface area contributed by atoms with Crippen LogP contribution in [0.3, 0.4) is 0 Å². The minimum Gasteiger partial charge on any atom is -0.336 e. The number of halogens is 2. The van der Waals surface area contributed by atoms with Crippen LogP contribution in [-0.2, 0) is 0 Å². The van der Waals surface area contributed by atoms with Gasteiger partial charge in [-0.3, -0.25) is 4.98 Å². The van der Waals surface area contributed by atoms with Crippen molar-refractivity contribution in [2.45, 2.75) is 6.92 Å².